The Kier molecular flexibility index (Phi) is 9.01. The highest BCUT2D eigenvalue weighted by atomic mass is 35.5. The van der Waals surface area contributed by atoms with Crippen molar-refractivity contribution in [3.63, 3.8) is 0 Å². The monoisotopic (exact) mass is 601 g/mol. The molecule has 0 bridgehead atoms. The number of aromatic nitrogens is 3. The standard InChI is InChI=1S/C30H31Cl2F2N3O2Si/c1-16(2)40(17(3)4,18(5)6)11-10-21-24(33)9-8-19-12-20(39-15-38-7)13-22(25(19)21)27-26(34)28-23(14-35-27)29(31)37-30(32)36-28/h8-9,12-14,16-18H,15H2,1-7H3. The first-order chi connectivity index (χ1) is 18.9. The van der Waals surface area contributed by atoms with Crippen molar-refractivity contribution in [3.05, 3.63) is 58.1 Å². The number of methoxy groups -OCH3 is 1. The fraction of sp³-hybridized carbons (Fsp3) is 0.367. The molecule has 0 aliphatic heterocycles. The van der Waals surface area contributed by atoms with Crippen LogP contribution in [-0.2, 0) is 4.74 Å². The van der Waals surface area contributed by atoms with Gasteiger partial charge in [-0.25, -0.2) is 18.7 Å². The Morgan fingerprint density at radius 1 is 0.975 bits per heavy atom. The van der Waals surface area contributed by atoms with Crippen molar-refractivity contribution in [1.82, 2.24) is 15.0 Å². The van der Waals surface area contributed by atoms with E-state index >= 15 is 8.78 Å². The van der Waals surface area contributed by atoms with Gasteiger partial charge in [0, 0.05) is 24.3 Å². The zero-order valence-corrected chi connectivity index (χ0v) is 26.0. The number of nitrogens with zero attached hydrogens (tertiary/aromatic N) is 3. The lowest BCUT2D eigenvalue weighted by molar-refractivity contribution is 0.0512. The van der Waals surface area contributed by atoms with Gasteiger partial charge in [0.1, 0.15) is 36.0 Å². The van der Waals surface area contributed by atoms with Crippen molar-refractivity contribution in [2.24, 2.45) is 0 Å². The van der Waals surface area contributed by atoms with Crippen molar-refractivity contribution < 1.29 is 18.3 Å². The fourth-order valence-electron chi connectivity index (χ4n) is 5.72. The highest BCUT2D eigenvalue weighted by Crippen LogP contribution is 2.42. The molecule has 210 valence electrons. The minimum Gasteiger partial charge on any atom is -0.468 e. The first-order valence-electron chi connectivity index (χ1n) is 13.0. The zero-order chi connectivity index (χ0) is 29.4. The van der Waals surface area contributed by atoms with Gasteiger partial charge >= 0.3 is 0 Å². The maximum Gasteiger partial charge on any atom is 0.224 e. The van der Waals surface area contributed by atoms with E-state index in [-0.39, 0.29) is 39.4 Å². The molecule has 0 radical (unpaired) electrons. The summed E-state index contributed by atoms with van der Waals surface area (Å²) in [6.07, 6.45) is 1.37. The molecule has 2 heterocycles. The van der Waals surface area contributed by atoms with Gasteiger partial charge in [-0.05, 0) is 51.8 Å². The van der Waals surface area contributed by atoms with Crippen molar-refractivity contribution in [2.45, 2.75) is 58.2 Å². The second-order valence-electron chi connectivity index (χ2n) is 10.7. The molecule has 4 rings (SSSR count). The molecule has 0 amide bonds. The predicted octanol–water partition coefficient (Wildman–Crippen LogP) is 8.98. The minimum absolute atomic E-state index is 0.0232. The predicted molar refractivity (Wildman–Crippen MR) is 161 cm³/mol. The SMILES string of the molecule is COCOc1cc(-c2ncc3c(Cl)nc(Cl)nc3c2F)c2c(C#C[Si](C(C)C)(C(C)C)C(C)C)c(F)ccc2c1. The highest BCUT2D eigenvalue weighted by molar-refractivity contribution is 6.90. The Morgan fingerprint density at radius 2 is 1.65 bits per heavy atom. The molecule has 0 atom stereocenters. The molecule has 0 N–H and O–H groups in total. The molecule has 0 aliphatic rings. The Labute approximate surface area is 244 Å². The number of benzene rings is 2. The third kappa shape index (κ3) is 5.40. The smallest absolute Gasteiger partial charge is 0.224 e. The quantitative estimate of drug-likeness (QED) is 0.0695. The Bertz CT molecular complexity index is 1630. The zero-order valence-electron chi connectivity index (χ0n) is 23.5. The molecule has 0 spiro atoms. The van der Waals surface area contributed by atoms with E-state index in [0.717, 1.165) is 0 Å². The molecule has 5 nitrogen and oxygen atoms in total. The number of ether oxygens (including phenoxy) is 2. The normalized spacial score (nSPS) is 12.1. The third-order valence-electron chi connectivity index (χ3n) is 7.52. The number of hydrogen-bond donors (Lipinski definition) is 0. The molecule has 0 aliphatic carbocycles. The highest BCUT2D eigenvalue weighted by Gasteiger charge is 2.41. The van der Waals surface area contributed by atoms with Crippen molar-refractivity contribution in [3.8, 4) is 28.5 Å². The second-order valence-corrected chi connectivity index (χ2v) is 16.9. The lowest BCUT2D eigenvalue weighted by Gasteiger charge is -2.38. The van der Waals surface area contributed by atoms with Crippen LogP contribution in [0.4, 0.5) is 8.78 Å². The van der Waals surface area contributed by atoms with E-state index in [1.54, 1.807) is 18.2 Å². The number of halogens is 4. The van der Waals surface area contributed by atoms with Crippen LogP contribution in [0.25, 0.3) is 32.9 Å². The minimum atomic E-state index is -2.21. The molecule has 0 unspecified atom stereocenters. The van der Waals surface area contributed by atoms with Crippen LogP contribution in [0.1, 0.15) is 47.1 Å². The van der Waals surface area contributed by atoms with Crippen molar-refractivity contribution in [2.75, 3.05) is 13.9 Å². The van der Waals surface area contributed by atoms with Gasteiger partial charge in [0.15, 0.2) is 12.6 Å². The van der Waals surface area contributed by atoms with Gasteiger partial charge in [-0.2, -0.15) is 0 Å². The number of fused-ring (bicyclic) bond motifs is 2. The summed E-state index contributed by atoms with van der Waals surface area (Å²) in [4.78, 5) is 12.3. The van der Waals surface area contributed by atoms with Crippen LogP contribution in [0.15, 0.2) is 30.5 Å². The average Bonchev–Trinajstić information content (AvgIpc) is 2.88. The summed E-state index contributed by atoms with van der Waals surface area (Å²) in [5, 5.41) is 1.01. The summed E-state index contributed by atoms with van der Waals surface area (Å²) >= 11 is 12.2. The number of hydrogen-bond acceptors (Lipinski definition) is 5. The molecule has 2 aromatic heterocycles. The van der Waals surface area contributed by atoms with E-state index in [1.807, 2.05) is 0 Å². The van der Waals surface area contributed by atoms with Crippen LogP contribution in [0.3, 0.4) is 0 Å². The Hall–Kier alpha value is -2.83. The van der Waals surface area contributed by atoms with Crippen LogP contribution in [0, 0.1) is 23.1 Å². The number of pyridine rings is 1. The summed E-state index contributed by atoms with van der Waals surface area (Å²) < 4.78 is 42.5. The molecule has 0 saturated carbocycles. The molecule has 10 heteroatoms. The van der Waals surface area contributed by atoms with Gasteiger partial charge in [0.2, 0.25) is 5.28 Å². The van der Waals surface area contributed by atoms with E-state index in [2.05, 4.69) is 68.0 Å². The number of rotatable bonds is 7. The van der Waals surface area contributed by atoms with Gasteiger partial charge in [-0.3, -0.25) is 4.98 Å². The van der Waals surface area contributed by atoms with E-state index in [0.29, 0.717) is 38.7 Å². The van der Waals surface area contributed by atoms with Crippen LogP contribution in [0.2, 0.25) is 27.1 Å². The van der Waals surface area contributed by atoms with Gasteiger partial charge in [-0.1, -0.05) is 65.1 Å². The average molecular weight is 603 g/mol. The molecule has 2 aromatic carbocycles. The van der Waals surface area contributed by atoms with E-state index < -0.39 is 19.7 Å². The topological polar surface area (TPSA) is 57.1 Å². The van der Waals surface area contributed by atoms with Crippen molar-refractivity contribution >= 4 is 53.0 Å². The summed E-state index contributed by atoms with van der Waals surface area (Å²) in [5.74, 6) is 2.36. The van der Waals surface area contributed by atoms with Gasteiger partial charge < -0.3 is 9.47 Å². The lowest BCUT2D eigenvalue weighted by atomic mass is 9.96. The van der Waals surface area contributed by atoms with Crippen LogP contribution < -0.4 is 4.74 Å². The summed E-state index contributed by atoms with van der Waals surface area (Å²) in [5.41, 5.74) is 4.95. The molecular weight excluding hydrogens is 571 g/mol. The second kappa shape index (κ2) is 12.0. The molecular formula is C30H31Cl2F2N3O2Si. The summed E-state index contributed by atoms with van der Waals surface area (Å²) in [7, 11) is -0.713. The maximum atomic E-state index is 16.1. The van der Waals surface area contributed by atoms with Crippen LogP contribution in [0.5, 0.6) is 5.75 Å². The van der Waals surface area contributed by atoms with Gasteiger partial charge in [0.05, 0.1) is 10.9 Å². The molecule has 40 heavy (non-hydrogen) atoms. The first-order valence-corrected chi connectivity index (χ1v) is 16.0. The summed E-state index contributed by atoms with van der Waals surface area (Å²) in [6, 6.07) is 6.34. The fourth-order valence-corrected chi connectivity index (χ4v) is 11.4. The van der Waals surface area contributed by atoms with E-state index in [9.17, 15) is 0 Å². The third-order valence-corrected chi connectivity index (χ3v) is 14.3. The van der Waals surface area contributed by atoms with Gasteiger partial charge in [-0.15, -0.1) is 5.54 Å². The van der Waals surface area contributed by atoms with E-state index in [1.165, 1.54) is 19.4 Å². The first kappa shape index (κ1) is 30.1. The Balaban J connectivity index is 2.10. The van der Waals surface area contributed by atoms with E-state index in [4.69, 9.17) is 32.7 Å². The lowest BCUT2D eigenvalue weighted by Crippen LogP contribution is -2.43. The molecule has 0 fully saturated rings. The Morgan fingerprint density at radius 3 is 2.27 bits per heavy atom. The molecule has 4 aromatic rings. The maximum absolute atomic E-state index is 16.1. The van der Waals surface area contributed by atoms with Crippen LogP contribution in [-0.4, -0.2) is 36.9 Å². The summed E-state index contributed by atoms with van der Waals surface area (Å²) in [6.45, 7) is 13.1. The van der Waals surface area contributed by atoms with Crippen molar-refractivity contribution in [1.29, 1.82) is 0 Å². The van der Waals surface area contributed by atoms with Gasteiger partial charge in [0.25, 0.3) is 0 Å². The molecule has 0 saturated heterocycles. The van der Waals surface area contributed by atoms with Crippen LogP contribution >= 0.6 is 23.2 Å². The largest absolute Gasteiger partial charge is 0.468 e.